The van der Waals surface area contributed by atoms with Crippen LogP contribution in [0.15, 0.2) is 85.1 Å². The van der Waals surface area contributed by atoms with Crippen LogP contribution in [0.3, 0.4) is 0 Å². The predicted octanol–water partition coefficient (Wildman–Crippen LogP) is -1.01. The molecule has 0 spiro atoms. The van der Waals surface area contributed by atoms with Crippen LogP contribution in [0.1, 0.15) is 0 Å². The molecule has 0 saturated carbocycles. The minimum Gasteiger partial charge on any atom is -0.849 e. The molecule has 0 heterocycles. The van der Waals surface area contributed by atoms with Gasteiger partial charge >= 0.3 is 51.4 Å². The Morgan fingerprint density at radius 1 is 0.810 bits per heavy atom. The van der Waals surface area contributed by atoms with E-state index in [2.05, 4.69) is 6.58 Å². The summed E-state index contributed by atoms with van der Waals surface area (Å²) in [6.07, 6.45) is 0. The molecular formula is C18H15KOSi. The molecule has 98 valence electrons. The zero-order chi connectivity index (χ0) is 14.0. The van der Waals surface area contributed by atoms with Crippen LogP contribution in [0.5, 0.6) is 0 Å². The van der Waals surface area contributed by atoms with Crippen LogP contribution < -0.4 is 66.6 Å². The molecule has 21 heavy (non-hydrogen) atoms. The van der Waals surface area contributed by atoms with Crippen LogP contribution in [0, 0.1) is 0 Å². The molecule has 0 unspecified atom stereocenters. The van der Waals surface area contributed by atoms with E-state index in [4.69, 9.17) is 0 Å². The molecule has 0 aliphatic heterocycles. The van der Waals surface area contributed by atoms with Crippen molar-refractivity contribution < 1.29 is 56.2 Å². The van der Waals surface area contributed by atoms with Gasteiger partial charge in [0.25, 0.3) is 0 Å². The fourth-order valence-electron chi connectivity index (χ4n) is 2.62. The average Bonchev–Trinajstić information content (AvgIpc) is 2.54. The summed E-state index contributed by atoms with van der Waals surface area (Å²) in [6, 6.07) is 23.6. The average molecular weight is 315 g/mol. The summed E-state index contributed by atoms with van der Waals surface area (Å²) in [7, 11) is -3.13. The molecule has 1 atom stereocenters. The molecule has 3 aromatic carbocycles. The molecule has 0 aliphatic carbocycles. The van der Waals surface area contributed by atoms with Crippen molar-refractivity contribution in [2.75, 3.05) is 0 Å². The minimum atomic E-state index is -3.13. The van der Waals surface area contributed by atoms with Crippen molar-refractivity contribution in [1.82, 2.24) is 0 Å². The van der Waals surface area contributed by atoms with Crippen molar-refractivity contribution in [3.63, 3.8) is 0 Å². The first-order valence-electron chi connectivity index (χ1n) is 6.63. The van der Waals surface area contributed by atoms with Crippen molar-refractivity contribution in [2.45, 2.75) is 0 Å². The minimum absolute atomic E-state index is 0. The maximum atomic E-state index is 13.5. The van der Waals surface area contributed by atoms with E-state index >= 15 is 0 Å². The molecule has 3 heteroatoms. The maximum absolute atomic E-state index is 13.5. The SMILES string of the molecule is C=C[Si@]([O-])(c1ccccc1)c1cccc2ccccc12.[K+]. The second-order valence-corrected chi connectivity index (χ2v) is 7.83. The van der Waals surface area contributed by atoms with Crippen molar-refractivity contribution >= 4 is 29.5 Å². The van der Waals surface area contributed by atoms with Gasteiger partial charge in [-0.2, -0.15) is 0 Å². The van der Waals surface area contributed by atoms with Crippen LogP contribution in [0.25, 0.3) is 10.8 Å². The van der Waals surface area contributed by atoms with Crippen LogP contribution in [0.2, 0.25) is 0 Å². The van der Waals surface area contributed by atoms with Gasteiger partial charge in [-0.1, -0.05) is 83.2 Å². The molecule has 1 nitrogen and oxygen atoms in total. The van der Waals surface area contributed by atoms with Gasteiger partial charge in [0, 0.05) is 8.32 Å². The third-order valence-corrected chi connectivity index (χ3v) is 6.68. The van der Waals surface area contributed by atoms with Crippen LogP contribution in [0.4, 0.5) is 0 Å². The normalized spacial score (nSPS) is 13.2. The number of hydrogen-bond acceptors (Lipinski definition) is 1. The molecular weight excluding hydrogens is 299 g/mol. The van der Waals surface area contributed by atoms with Gasteiger partial charge in [0.2, 0.25) is 0 Å². The Kier molecular flexibility index (Phi) is 5.74. The molecule has 0 amide bonds. The molecule has 0 fully saturated rings. The van der Waals surface area contributed by atoms with E-state index in [1.54, 1.807) is 5.70 Å². The van der Waals surface area contributed by atoms with Crippen molar-refractivity contribution in [1.29, 1.82) is 0 Å². The van der Waals surface area contributed by atoms with Gasteiger partial charge in [-0.3, -0.25) is 0 Å². The van der Waals surface area contributed by atoms with Crippen LogP contribution in [-0.2, 0) is 0 Å². The summed E-state index contributed by atoms with van der Waals surface area (Å²) in [5.74, 6) is 0. The van der Waals surface area contributed by atoms with Crippen molar-refractivity contribution in [2.24, 2.45) is 0 Å². The summed E-state index contributed by atoms with van der Waals surface area (Å²) in [6.45, 7) is 3.84. The van der Waals surface area contributed by atoms with E-state index in [0.29, 0.717) is 0 Å². The fraction of sp³-hybridized carbons (Fsp3) is 0. The largest absolute Gasteiger partial charge is 1.00 e. The Labute approximate surface area is 168 Å². The van der Waals surface area contributed by atoms with E-state index in [1.807, 2.05) is 72.8 Å². The van der Waals surface area contributed by atoms with Gasteiger partial charge in [-0.25, -0.2) is 0 Å². The molecule has 0 aliphatic rings. The maximum Gasteiger partial charge on any atom is 1.00 e. The Balaban J connectivity index is 0.00000161. The fourth-order valence-corrected chi connectivity index (χ4v) is 5.04. The van der Waals surface area contributed by atoms with Gasteiger partial charge in [-0.05, 0) is 10.8 Å². The van der Waals surface area contributed by atoms with E-state index < -0.39 is 8.32 Å². The Morgan fingerprint density at radius 2 is 1.43 bits per heavy atom. The first-order chi connectivity index (χ1) is 9.75. The summed E-state index contributed by atoms with van der Waals surface area (Å²) in [5, 5.41) is 3.89. The summed E-state index contributed by atoms with van der Waals surface area (Å²) >= 11 is 0. The molecule has 0 N–H and O–H groups in total. The molecule has 0 bridgehead atoms. The smallest absolute Gasteiger partial charge is 0.849 e. The van der Waals surface area contributed by atoms with Gasteiger partial charge < -0.3 is 4.80 Å². The molecule has 0 aromatic heterocycles. The topological polar surface area (TPSA) is 23.1 Å². The van der Waals surface area contributed by atoms with Gasteiger partial charge in [-0.15, -0.1) is 12.3 Å². The van der Waals surface area contributed by atoms with Crippen molar-refractivity contribution in [3.8, 4) is 0 Å². The standard InChI is InChI=1S/C18H15OSi.K/c1-2-20(19,16-11-4-3-5-12-16)18-14-8-10-15-9-6-7-13-17(15)18;/h2-14H,1H2;/q-1;+1/t20-;/m0./s1. The summed E-state index contributed by atoms with van der Waals surface area (Å²) in [5.41, 5.74) is 1.63. The second-order valence-electron chi connectivity index (χ2n) is 4.83. The predicted molar refractivity (Wildman–Crippen MR) is 85.6 cm³/mol. The van der Waals surface area contributed by atoms with E-state index in [1.165, 1.54) is 0 Å². The number of fused-ring (bicyclic) bond motifs is 1. The van der Waals surface area contributed by atoms with Gasteiger partial charge in [0.15, 0.2) is 0 Å². The molecule has 0 saturated heterocycles. The van der Waals surface area contributed by atoms with Crippen molar-refractivity contribution in [3.05, 3.63) is 85.1 Å². The molecule has 3 aromatic rings. The third-order valence-electron chi connectivity index (χ3n) is 3.68. The van der Waals surface area contributed by atoms with Crippen LogP contribution in [-0.4, -0.2) is 8.32 Å². The Morgan fingerprint density at radius 3 is 2.14 bits per heavy atom. The molecule has 3 rings (SSSR count). The first-order valence-corrected chi connectivity index (χ1v) is 8.62. The number of hydrogen-bond donors (Lipinski definition) is 0. The Bertz CT molecular complexity index is 752. The number of rotatable bonds is 3. The monoisotopic (exact) mass is 314 g/mol. The summed E-state index contributed by atoms with van der Waals surface area (Å²) < 4.78 is 0. The zero-order valence-electron chi connectivity index (χ0n) is 12.1. The Hall–Kier alpha value is -0.527. The van der Waals surface area contributed by atoms with E-state index in [-0.39, 0.29) is 51.4 Å². The zero-order valence-corrected chi connectivity index (χ0v) is 16.2. The van der Waals surface area contributed by atoms with E-state index in [0.717, 1.165) is 21.1 Å². The number of benzene rings is 3. The van der Waals surface area contributed by atoms with E-state index in [9.17, 15) is 4.80 Å². The molecule has 0 radical (unpaired) electrons. The summed E-state index contributed by atoms with van der Waals surface area (Å²) in [4.78, 5) is 13.5. The first kappa shape index (κ1) is 16.8. The quantitative estimate of drug-likeness (QED) is 0.568. The third kappa shape index (κ3) is 3.15. The van der Waals surface area contributed by atoms with Gasteiger partial charge in [0.05, 0.1) is 0 Å². The second kappa shape index (κ2) is 7.16. The van der Waals surface area contributed by atoms with Crippen LogP contribution >= 0.6 is 0 Å². The van der Waals surface area contributed by atoms with Gasteiger partial charge in [0.1, 0.15) is 0 Å².